The zero-order chi connectivity index (χ0) is 39.1. The summed E-state index contributed by atoms with van der Waals surface area (Å²) < 4.78 is 7.14. The average Bonchev–Trinajstić information content (AvgIpc) is 3.95. The molecule has 0 atom stereocenters. The van der Waals surface area contributed by atoms with E-state index >= 15 is 0 Å². The van der Waals surface area contributed by atoms with Crippen LogP contribution in [0, 0.1) is 0 Å². The van der Waals surface area contributed by atoms with E-state index in [4.69, 9.17) is 0 Å². The third-order valence-electron chi connectivity index (χ3n) is 12.4. The van der Waals surface area contributed by atoms with Gasteiger partial charge in [0.15, 0.2) is 0 Å². The van der Waals surface area contributed by atoms with Crippen LogP contribution in [0.3, 0.4) is 0 Å². The molecule has 12 rings (SSSR count). The molecule has 0 fully saturated rings. The average molecular weight is 767 g/mol. The molecule has 0 aliphatic heterocycles. The highest BCUT2D eigenvalue weighted by atomic mass is 28.1. The second-order valence-electron chi connectivity index (χ2n) is 15.5. The molecule has 275 valence electrons. The van der Waals surface area contributed by atoms with E-state index in [0.29, 0.717) is 0 Å². The monoisotopic (exact) mass is 766 g/mol. The van der Waals surface area contributed by atoms with Crippen LogP contribution in [0.2, 0.25) is 0 Å². The molecule has 0 aliphatic carbocycles. The molecule has 0 aliphatic rings. The molecule has 12 aromatic rings. The molecule has 3 radical (unpaired) electrons. The van der Waals surface area contributed by atoms with Crippen LogP contribution < -0.4 is 0 Å². The predicted molar refractivity (Wildman–Crippen MR) is 248 cm³/mol. The number of fused-ring (bicyclic) bond motifs is 9. The van der Waals surface area contributed by atoms with Crippen molar-refractivity contribution in [3.63, 3.8) is 0 Å². The summed E-state index contributed by atoms with van der Waals surface area (Å²) >= 11 is 0. The van der Waals surface area contributed by atoms with Gasteiger partial charge < -0.3 is 13.7 Å². The lowest BCUT2D eigenvalue weighted by atomic mass is 9.83. The summed E-state index contributed by atoms with van der Waals surface area (Å²) in [6, 6.07) is 79.4. The Morgan fingerprint density at radius 3 is 0.627 bits per heavy atom. The van der Waals surface area contributed by atoms with Crippen LogP contribution in [0.4, 0.5) is 0 Å². The summed E-state index contributed by atoms with van der Waals surface area (Å²) in [4.78, 5) is 0. The van der Waals surface area contributed by atoms with Gasteiger partial charge in [-0.1, -0.05) is 146 Å². The molecule has 3 heterocycles. The Hall–Kier alpha value is -7.40. The molecule has 3 aromatic heterocycles. The third kappa shape index (κ3) is 5.00. The minimum Gasteiger partial charge on any atom is -0.309 e. The van der Waals surface area contributed by atoms with E-state index in [1.165, 1.54) is 65.4 Å². The molecule has 9 aromatic carbocycles. The first kappa shape index (κ1) is 33.7. The zero-order valence-electron chi connectivity index (χ0n) is 32.1. The van der Waals surface area contributed by atoms with Crippen molar-refractivity contribution in [1.82, 2.24) is 13.7 Å². The van der Waals surface area contributed by atoms with Gasteiger partial charge in [-0.2, -0.15) is 0 Å². The lowest BCUT2D eigenvalue weighted by molar-refractivity contribution is 0.874. The summed E-state index contributed by atoms with van der Waals surface area (Å²) in [6.07, 6.45) is 0. The fourth-order valence-electron chi connectivity index (χ4n) is 9.68. The Labute approximate surface area is 345 Å². The van der Waals surface area contributed by atoms with E-state index in [1.54, 1.807) is 0 Å². The topological polar surface area (TPSA) is 14.8 Å². The van der Waals surface area contributed by atoms with Crippen LogP contribution in [0.25, 0.3) is 82.5 Å². The lowest BCUT2D eigenvalue weighted by Crippen LogP contribution is -2.30. The summed E-state index contributed by atoms with van der Waals surface area (Å²) in [5.74, 6) is 0. The molecule has 0 saturated carbocycles. The highest BCUT2D eigenvalue weighted by molar-refractivity contribution is 6.21. The Balaban J connectivity index is 1.02. The van der Waals surface area contributed by atoms with Gasteiger partial charge in [0.05, 0.1) is 43.3 Å². The van der Waals surface area contributed by atoms with Gasteiger partial charge in [-0.15, -0.1) is 0 Å². The highest BCUT2D eigenvalue weighted by Gasteiger charge is 2.32. The molecular formula is C55H36N3Si. The maximum absolute atomic E-state index is 4.52. The molecule has 59 heavy (non-hydrogen) atoms. The van der Waals surface area contributed by atoms with Crippen LogP contribution in [0.1, 0.15) is 16.7 Å². The van der Waals surface area contributed by atoms with Gasteiger partial charge in [0, 0.05) is 54.4 Å². The molecule has 0 spiro atoms. The first-order chi connectivity index (χ1) is 29.2. The molecule has 0 saturated heterocycles. The smallest absolute Gasteiger partial charge is 0.0541 e. The second kappa shape index (κ2) is 13.1. The first-order valence-corrected chi connectivity index (χ1v) is 20.7. The number of benzene rings is 9. The number of nitrogens with zero attached hydrogens (tertiary/aromatic N) is 3. The van der Waals surface area contributed by atoms with Gasteiger partial charge in [-0.05, 0) is 89.5 Å². The van der Waals surface area contributed by atoms with Gasteiger partial charge in [0.1, 0.15) is 0 Å². The summed E-state index contributed by atoms with van der Waals surface area (Å²) in [7, 11) is 4.52. The Morgan fingerprint density at radius 1 is 0.237 bits per heavy atom. The first-order valence-electron chi connectivity index (χ1n) is 20.2. The fourth-order valence-corrected chi connectivity index (χ4v) is 10.2. The van der Waals surface area contributed by atoms with Crippen molar-refractivity contribution in [2.45, 2.75) is 5.04 Å². The van der Waals surface area contributed by atoms with Crippen molar-refractivity contribution in [2.75, 3.05) is 0 Å². The number of hydrogen-bond donors (Lipinski definition) is 0. The third-order valence-corrected chi connectivity index (χ3v) is 13.3. The number of para-hydroxylation sites is 6. The summed E-state index contributed by atoms with van der Waals surface area (Å²) in [6.45, 7) is 0. The van der Waals surface area contributed by atoms with Crippen LogP contribution in [-0.2, 0) is 5.04 Å². The van der Waals surface area contributed by atoms with Crippen LogP contribution in [-0.4, -0.2) is 23.9 Å². The number of hydrogen-bond acceptors (Lipinski definition) is 0. The summed E-state index contributed by atoms with van der Waals surface area (Å²) in [5, 5.41) is 6.89. The molecular weight excluding hydrogens is 731 g/mol. The van der Waals surface area contributed by atoms with Crippen LogP contribution in [0.5, 0.6) is 0 Å². The maximum Gasteiger partial charge on any atom is 0.0541 e. The van der Waals surface area contributed by atoms with Gasteiger partial charge in [0.25, 0.3) is 0 Å². The van der Waals surface area contributed by atoms with Crippen molar-refractivity contribution in [1.29, 1.82) is 0 Å². The molecule has 3 nitrogen and oxygen atoms in total. The molecule has 0 amide bonds. The van der Waals surface area contributed by atoms with E-state index in [-0.39, 0.29) is 0 Å². The summed E-state index contributed by atoms with van der Waals surface area (Å²) in [5.41, 5.74) is 14.0. The Bertz CT molecular complexity index is 3010. The normalized spacial score (nSPS) is 12.2. The minimum absolute atomic E-state index is 0.655. The lowest BCUT2D eigenvalue weighted by Gasteiger charge is -2.32. The number of aromatic nitrogens is 3. The van der Waals surface area contributed by atoms with Gasteiger partial charge in [-0.3, -0.25) is 0 Å². The highest BCUT2D eigenvalue weighted by Crippen LogP contribution is 2.41. The van der Waals surface area contributed by atoms with Gasteiger partial charge in [-0.25, -0.2) is 0 Å². The molecule has 0 N–H and O–H groups in total. The fraction of sp³-hybridized carbons (Fsp3) is 0.0182. The number of rotatable bonds is 6. The second-order valence-corrected chi connectivity index (χ2v) is 16.2. The van der Waals surface area contributed by atoms with E-state index < -0.39 is 5.04 Å². The van der Waals surface area contributed by atoms with E-state index in [0.717, 1.165) is 33.8 Å². The van der Waals surface area contributed by atoms with E-state index in [2.05, 4.69) is 242 Å². The van der Waals surface area contributed by atoms with E-state index in [1.807, 2.05) is 0 Å². The van der Waals surface area contributed by atoms with E-state index in [9.17, 15) is 0 Å². The minimum atomic E-state index is -0.655. The van der Waals surface area contributed by atoms with Crippen molar-refractivity contribution in [3.05, 3.63) is 235 Å². The largest absolute Gasteiger partial charge is 0.309 e. The van der Waals surface area contributed by atoms with Crippen molar-refractivity contribution < 1.29 is 0 Å². The Kier molecular flexibility index (Phi) is 7.47. The van der Waals surface area contributed by atoms with Crippen molar-refractivity contribution in [3.8, 4) is 17.1 Å². The predicted octanol–water partition coefficient (Wildman–Crippen LogP) is 13.4. The Morgan fingerprint density at radius 2 is 0.424 bits per heavy atom. The quantitative estimate of drug-likeness (QED) is 0.118. The standard InChI is InChI=1S/C55H36N3Si/c59-55(37-25-31-40(32-26-37)56-49-19-7-1-13-43(49)44-14-2-8-20-50(44)56,38-27-33-41(34-28-38)57-51-21-9-3-15-45(51)46-16-4-10-22-52(46)57)39-29-35-42(36-30-39)58-53-23-11-5-17-47(53)48-18-6-12-24-54(48)58/h1-36H. The van der Waals surface area contributed by atoms with Crippen molar-refractivity contribution >= 4 is 75.7 Å². The van der Waals surface area contributed by atoms with Gasteiger partial charge >= 0.3 is 0 Å². The van der Waals surface area contributed by atoms with Crippen LogP contribution in [0.15, 0.2) is 218 Å². The van der Waals surface area contributed by atoms with Crippen molar-refractivity contribution in [2.24, 2.45) is 0 Å². The molecule has 0 bridgehead atoms. The SMILES string of the molecule is [Si]C(c1ccc(-n2c3ccccc3c3ccccc32)cc1)(c1ccc(-n2c3ccccc3c3ccccc32)cc1)c1ccc(-n2c3ccccc3c3ccccc32)cc1. The van der Waals surface area contributed by atoms with Crippen LogP contribution >= 0.6 is 0 Å². The zero-order valence-corrected chi connectivity index (χ0v) is 33.1. The van der Waals surface area contributed by atoms with Gasteiger partial charge in [0.2, 0.25) is 0 Å². The molecule has 0 unspecified atom stereocenters. The maximum atomic E-state index is 4.52. The molecule has 4 heteroatoms.